The highest BCUT2D eigenvalue weighted by molar-refractivity contribution is 7.90. The molecule has 114 valence electrons. The topological polar surface area (TPSA) is 35.1 Å². The summed E-state index contributed by atoms with van der Waals surface area (Å²) in [7, 11) is 0. The molecule has 0 heterocycles. The monoisotopic (exact) mass is 311 g/mol. The van der Waals surface area contributed by atoms with E-state index >= 15 is 0 Å². The number of alkyl halides is 2. The number of hydrogen-bond acceptors (Lipinski definition) is 2. The third kappa shape index (κ3) is 3.73. The maximum Gasteiger partial charge on any atom is 0.262 e. The van der Waals surface area contributed by atoms with Gasteiger partial charge in [0.1, 0.15) is 10.8 Å². The van der Waals surface area contributed by atoms with Gasteiger partial charge in [-0.1, -0.05) is 42.5 Å². The summed E-state index contributed by atoms with van der Waals surface area (Å²) >= 11 is -1.56. The molecule has 0 fully saturated rings. The number of nitrogens with one attached hydrogen (secondary N) is 1. The lowest BCUT2D eigenvalue weighted by Gasteiger charge is -2.28. The van der Waals surface area contributed by atoms with Crippen LogP contribution in [0, 0.1) is 0 Å². The van der Waals surface area contributed by atoms with Crippen molar-refractivity contribution in [2.45, 2.75) is 38.0 Å². The molecule has 0 aliphatic rings. The van der Waals surface area contributed by atoms with Crippen LogP contribution in [0.2, 0.25) is 0 Å². The van der Waals surface area contributed by atoms with E-state index in [9.17, 15) is 13.3 Å². The maximum absolute atomic E-state index is 13.5. The van der Waals surface area contributed by atoms with Gasteiger partial charge in [-0.15, -0.1) is 4.72 Å². The molecule has 2 unspecified atom stereocenters. The molecule has 0 amide bonds. The van der Waals surface area contributed by atoms with Gasteiger partial charge in [0.15, 0.2) is 0 Å². The van der Waals surface area contributed by atoms with Crippen molar-refractivity contribution >= 4 is 22.1 Å². The van der Waals surface area contributed by atoms with Crippen molar-refractivity contribution < 1.29 is 13.3 Å². The summed E-state index contributed by atoms with van der Waals surface area (Å²) in [6.07, 6.45) is -2.64. The zero-order valence-electron chi connectivity index (χ0n) is 12.3. The predicted molar refractivity (Wildman–Crippen MR) is 83.7 cm³/mol. The first-order chi connectivity index (χ1) is 9.80. The van der Waals surface area contributed by atoms with Crippen LogP contribution >= 0.6 is 0 Å². The van der Waals surface area contributed by atoms with Crippen molar-refractivity contribution in [1.82, 2.24) is 4.72 Å². The first-order valence-electron chi connectivity index (χ1n) is 6.74. The summed E-state index contributed by atoms with van der Waals surface area (Å²) < 4.78 is 41.1. The third-order valence-electron chi connectivity index (χ3n) is 3.20. The predicted octanol–water partition coefficient (Wildman–Crippen LogP) is 4.20. The molecule has 0 aliphatic carbocycles. The lowest BCUT2D eigenvalue weighted by molar-refractivity contribution is 0.109. The Hall–Kier alpha value is -1.17. The Morgan fingerprint density at radius 2 is 1.67 bits per heavy atom. The van der Waals surface area contributed by atoms with Gasteiger partial charge in [0.05, 0.1) is 0 Å². The van der Waals surface area contributed by atoms with Crippen LogP contribution in [0.4, 0.5) is 8.78 Å². The van der Waals surface area contributed by atoms with Gasteiger partial charge in [-0.2, -0.15) is 0 Å². The van der Waals surface area contributed by atoms with E-state index in [1.54, 1.807) is 32.9 Å². The maximum atomic E-state index is 13.5. The van der Waals surface area contributed by atoms with Crippen molar-refractivity contribution in [2.24, 2.45) is 0 Å². The van der Waals surface area contributed by atoms with E-state index in [4.69, 9.17) is 0 Å². The van der Waals surface area contributed by atoms with Gasteiger partial charge in [-0.05, 0) is 37.1 Å². The van der Waals surface area contributed by atoms with Gasteiger partial charge in [-0.3, -0.25) is 0 Å². The fourth-order valence-electron chi connectivity index (χ4n) is 2.06. The molecule has 0 radical (unpaired) electrons. The molecule has 2 atom stereocenters. The Labute approximate surface area is 126 Å². The van der Waals surface area contributed by atoms with Crippen molar-refractivity contribution in [2.75, 3.05) is 0 Å². The normalized spacial score (nSPS) is 15.4. The molecule has 2 aromatic rings. The van der Waals surface area contributed by atoms with E-state index in [1.165, 1.54) is 0 Å². The van der Waals surface area contributed by atoms with Gasteiger partial charge in [0.25, 0.3) is 6.43 Å². The molecule has 2 aromatic carbocycles. The standard InChI is InChI=1S/C16H19F2NOS/c1-16(2,3)21(20)19-14(15(17)18)13-10-6-8-11-7-4-5-9-12(11)13/h4-10,14-15,19H,1-3H3. The Morgan fingerprint density at radius 1 is 1.05 bits per heavy atom. The minimum atomic E-state index is -2.64. The van der Waals surface area contributed by atoms with Crippen LogP contribution in [0.5, 0.6) is 0 Å². The molecule has 21 heavy (non-hydrogen) atoms. The second-order valence-electron chi connectivity index (χ2n) is 5.88. The number of hydrogen-bond donors (Lipinski definition) is 1. The van der Waals surface area contributed by atoms with Crippen LogP contribution < -0.4 is 4.72 Å². The molecule has 0 saturated heterocycles. The van der Waals surface area contributed by atoms with Gasteiger partial charge in [0.2, 0.25) is 0 Å². The van der Waals surface area contributed by atoms with E-state index in [2.05, 4.69) is 4.72 Å². The lowest BCUT2D eigenvalue weighted by atomic mass is 9.99. The van der Waals surface area contributed by atoms with Gasteiger partial charge >= 0.3 is 0 Å². The summed E-state index contributed by atoms with van der Waals surface area (Å²) in [6.45, 7) is 5.26. The Balaban J connectivity index is 2.42. The summed E-state index contributed by atoms with van der Waals surface area (Å²) in [6, 6.07) is 11.4. The highest BCUT2D eigenvalue weighted by Gasteiger charge is 2.34. The van der Waals surface area contributed by atoms with E-state index in [0.717, 1.165) is 10.8 Å². The second-order valence-corrected chi connectivity index (χ2v) is 7.88. The first kappa shape index (κ1) is 16.2. The number of fused-ring (bicyclic) bond motifs is 1. The fourth-order valence-corrected chi connectivity index (χ4v) is 2.88. The highest BCUT2D eigenvalue weighted by Crippen LogP contribution is 2.30. The van der Waals surface area contributed by atoms with Crippen LogP contribution in [0.1, 0.15) is 32.4 Å². The van der Waals surface area contributed by atoms with E-state index < -0.39 is 28.6 Å². The molecule has 0 saturated carbocycles. The average molecular weight is 311 g/mol. The largest absolute Gasteiger partial charge is 0.598 e. The molecule has 2 nitrogen and oxygen atoms in total. The van der Waals surface area contributed by atoms with E-state index in [0.29, 0.717) is 5.56 Å². The Kier molecular flexibility index (Phi) is 4.86. The van der Waals surface area contributed by atoms with Crippen LogP contribution in [0.25, 0.3) is 10.8 Å². The summed E-state index contributed by atoms with van der Waals surface area (Å²) in [5.41, 5.74) is 0.473. The van der Waals surface area contributed by atoms with Crippen molar-refractivity contribution in [1.29, 1.82) is 0 Å². The molecule has 0 spiro atoms. The summed E-state index contributed by atoms with van der Waals surface area (Å²) in [5, 5.41) is 1.65. The summed E-state index contributed by atoms with van der Waals surface area (Å²) in [5.74, 6) is 0. The minimum absolute atomic E-state index is 0.473. The minimum Gasteiger partial charge on any atom is -0.598 e. The van der Waals surface area contributed by atoms with Crippen LogP contribution in [0.15, 0.2) is 42.5 Å². The molecular formula is C16H19F2NOS. The number of halogens is 2. The Bertz CT molecular complexity index is 607. The zero-order valence-corrected chi connectivity index (χ0v) is 13.1. The average Bonchev–Trinajstić information content (AvgIpc) is 2.42. The number of rotatable bonds is 4. The molecule has 1 N–H and O–H groups in total. The molecule has 5 heteroatoms. The van der Waals surface area contributed by atoms with Gasteiger partial charge < -0.3 is 4.55 Å². The van der Waals surface area contributed by atoms with Gasteiger partial charge in [-0.25, -0.2) is 8.78 Å². The second kappa shape index (κ2) is 6.30. The number of benzene rings is 2. The van der Waals surface area contributed by atoms with Crippen molar-refractivity contribution in [3.05, 3.63) is 48.0 Å². The smallest absolute Gasteiger partial charge is 0.262 e. The molecule has 0 bridgehead atoms. The third-order valence-corrected chi connectivity index (χ3v) is 4.78. The molecule has 0 aromatic heterocycles. The van der Waals surface area contributed by atoms with E-state index in [-0.39, 0.29) is 0 Å². The van der Waals surface area contributed by atoms with E-state index in [1.807, 2.05) is 30.3 Å². The van der Waals surface area contributed by atoms with Crippen LogP contribution in [-0.2, 0) is 11.4 Å². The first-order valence-corrected chi connectivity index (χ1v) is 7.89. The lowest BCUT2D eigenvalue weighted by Crippen LogP contribution is -2.43. The van der Waals surface area contributed by atoms with Gasteiger partial charge in [0, 0.05) is 11.4 Å². The summed E-state index contributed by atoms with van der Waals surface area (Å²) in [4.78, 5) is 0. The van der Waals surface area contributed by atoms with Crippen LogP contribution in [-0.4, -0.2) is 15.7 Å². The van der Waals surface area contributed by atoms with Crippen LogP contribution in [0.3, 0.4) is 0 Å². The zero-order chi connectivity index (χ0) is 15.6. The SMILES string of the molecule is CC(C)(C)[S+]([O-])NC(c1cccc2ccccc12)C(F)F. The van der Waals surface area contributed by atoms with Crippen molar-refractivity contribution in [3.8, 4) is 0 Å². The highest BCUT2D eigenvalue weighted by atomic mass is 32.2. The molecule has 2 rings (SSSR count). The van der Waals surface area contributed by atoms with Crippen molar-refractivity contribution in [3.63, 3.8) is 0 Å². The fraction of sp³-hybridized carbons (Fsp3) is 0.375. The Morgan fingerprint density at radius 3 is 2.29 bits per heavy atom. The molecular weight excluding hydrogens is 292 g/mol. The molecule has 0 aliphatic heterocycles. The quantitative estimate of drug-likeness (QED) is 0.859.